The van der Waals surface area contributed by atoms with Gasteiger partial charge in [0.05, 0.1) is 18.4 Å². The van der Waals surface area contributed by atoms with Crippen LogP contribution in [0.4, 0.5) is 5.69 Å². The van der Waals surface area contributed by atoms with Gasteiger partial charge in [-0.1, -0.05) is 23.7 Å². The van der Waals surface area contributed by atoms with E-state index in [9.17, 15) is 23.7 Å². The fourth-order valence-corrected chi connectivity index (χ4v) is 5.03. The number of fused-ring (bicyclic) bond motifs is 1. The molecule has 4 N–H and O–H groups in total. The van der Waals surface area contributed by atoms with Crippen molar-refractivity contribution in [1.29, 1.82) is 0 Å². The number of ether oxygens (including phenoxy) is 1. The predicted molar refractivity (Wildman–Crippen MR) is 121 cm³/mol. The summed E-state index contributed by atoms with van der Waals surface area (Å²) in [5.74, 6) is -1.56. The van der Waals surface area contributed by atoms with E-state index in [-0.39, 0.29) is 12.2 Å². The number of benzene rings is 2. The first-order valence-electron chi connectivity index (χ1n) is 10.4. The molecule has 10 heteroatoms. The second-order valence-electron chi connectivity index (χ2n) is 8.78. The van der Waals surface area contributed by atoms with Crippen molar-refractivity contribution in [3.05, 3.63) is 58.6 Å². The molecule has 32 heavy (non-hydrogen) atoms. The number of halogens is 1. The maximum atomic E-state index is 11.5. The number of sulfonamides is 1. The van der Waals surface area contributed by atoms with E-state index in [1.165, 1.54) is 18.2 Å². The molecule has 1 saturated heterocycles. The number of hydrogen-bond acceptors (Lipinski definition) is 7. The van der Waals surface area contributed by atoms with Crippen molar-refractivity contribution in [3.63, 3.8) is 0 Å². The molecule has 2 aromatic rings. The molecule has 0 aliphatic carbocycles. The molecular weight excluding hydrogens is 456 g/mol. The highest BCUT2D eigenvalue weighted by molar-refractivity contribution is 7.92. The normalized spacial score (nSPS) is 25.2. The van der Waals surface area contributed by atoms with Gasteiger partial charge in [0, 0.05) is 35.8 Å². The molecule has 2 aromatic carbocycles. The van der Waals surface area contributed by atoms with E-state index in [2.05, 4.69) is 4.72 Å². The Balaban J connectivity index is 1.38. The average molecular weight is 483 g/mol. The summed E-state index contributed by atoms with van der Waals surface area (Å²) in [5.41, 5.74) is 0.755. The average Bonchev–Trinajstić information content (AvgIpc) is 2.95. The number of piperidine rings is 1. The maximum absolute atomic E-state index is 11.5. The lowest BCUT2D eigenvalue weighted by atomic mass is 9.85. The van der Waals surface area contributed by atoms with Gasteiger partial charge in [-0.15, -0.1) is 0 Å². The molecule has 8 nitrogen and oxygen atoms in total. The number of hydrogen-bond donors (Lipinski definition) is 4. The zero-order valence-electron chi connectivity index (χ0n) is 17.7. The van der Waals surface area contributed by atoms with Crippen molar-refractivity contribution in [2.24, 2.45) is 0 Å². The van der Waals surface area contributed by atoms with E-state index in [4.69, 9.17) is 16.3 Å². The summed E-state index contributed by atoms with van der Waals surface area (Å²) in [6.45, 7) is 1.11. The molecule has 4 rings (SSSR count). The third kappa shape index (κ3) is 5.19. The SMILES string of the molecule is CS(=O)(=O)Nc1ccc2c(c1)C(O)C(O)(CN1CCC(O)(Cc3ccc(Cl)cc3)CC1)O2. The number of aliphatic hydroxyl groups is 3. The Hall–Kier alpha value is -1.88. The highest BCUT2D eigenvalue weighted by atomic mass is 35.5. The largest absolute Gasteiger partial charge is 0.458 e. The fraction of sp³-hybridized carbons (Fsp3) is 0.455. The summed E-state index contributed by atoms with van der Waals surface area (Å²) in [6, 6.07) is 11.9. The third-order valence-corrected chi connectivity index (χ3v) is 6.86. The minimum Gasteiger partial charge on any atom is -0.458 e. The number of rotatable bonds is 6. The van der Waals surface area contributed by atoms with E-state index in [1.807, 2.05) is 17.0 Å². The summed E-state index contributed by atoms with van der Waals surface area (Å²) in [4.78, 5) is 1.95. The molecule has 0 spiro atoms. The summed E-state index contributed by atoms with van der Waals surface area (Å²) >= 11 is 5.93. The molecular formula is C22H27ClN2O6S. The number of nitrogens with one attached hydrogen (secondary N) is 1. The Kier molecular flexibility index (Phi) is 6.17. The number of aliphatic hydroxyl groups excluding tert-OH is 1. The van der Waals surface area contributed by atoms with Gasteiger partial charge in [0.1, 0.15) is 11.9 Å². The van der Waals surface area contributed by atoms with Gasteiger partial charge >= 0.3 is 0 Å². The number of likely N-dealkylation sites (tertiary alicyclic amines) is 1. The summed E-state index contributed by atoms with van der Waals surface area (Å²) < 4.78 is 31.0. The molecule has 2 atom stereocenters. The first kappa shape index (κ1) is 23.3. The van der Waals surface area contributed by atoms with Crippen molar-refractivity contribution in [1.82, 2.24) is 4.90 Å². The Morgan fingerprint density at radius 2 is 1.81 bits per heavy atom. The van der Waals surface area contributed by atoms with Crippen LogP contribution in [-0.4, -0.2) is 65.9 Å². The Labute approximate surface area is 192 Å². The minimum atomic E-state index is -3.47. The van der Waals surface area contributed by atoms with E-state index in [0.717, 1.165) is 11.8 Å². The van der Waals surface area contributed by atoms with Crippen molar-refractivity contribution in [2.75, 3.05) is 30.6 Å². The monoisotopic (exact) mass is 482 g/mol. The molecule has 0 bridgehead atoms. The minimum absolute atomic E-state index is 0.0503. The highest BCUT2D eigenvalue weighted by Crippen LogP contribution is 2.44. The van der Waals surface area contributed by atoms with Gasteiger partial charge in [-0.25, -0.2) is 8.42 Å². The van der Waals surface area contributed by atoms with Gasteiger partial charge in [0.2, 0.25) is 10.0 Å². The molecule has 0 radical (unpaired) electrons. The molecule has 0 saturated carbocycles. The number of nitrogens with zero attached hydrogens (tertiary/aromatic N) is 1. The fourth-order valence-electron chi connectivity index (χ4n) is 4.35. The van der Waals surface area contributed by atoms with Crippen LogP contribution in [0, 0.1) is 0 Å². The van der Waals surface area contributed by atoms with Crippen LogP contribution in [0.2, 0.25) is 5.02 Å². The summed E-state index contributed by atoms with van der Waals surface area (Å²) in [6.07, 6.45) is 1.24. The van der Waals surface area contributed by atoms with Crippen molar-refractivity contribution < 1.29 is 28.5 Å². The van der Waals surface area contributed by atoms with Gasteiger partial charge in [0.25, 0.3) is 5.79 Å². The topological polar surface area (TPSA) is 119 Å². The first-order valence-corrected chi connectivity index (χ1v) is 12.6. The van der Waals surface area contributed by atoms with Gasteiger partial charge in [0.15, 0.2) is 0 Å². The first-order chi connectivity index (χ1) is 14.9. The Morgan fingerprint density at radius 1 is 1.16 bits per heavy atom. The zero-order chi connectivity index (χ0) is 23.1. The van der Waals surface area contributed by atoms with Gasteiger partial charge < -0.3 is 20.1 Å². The van der Waals surface area contributed by atoms with Crippen LogP contribution in [0.5, 0.6) is 5.75 Å². The van der Waals surface area contributed by atoms with Gasteiger partial charge in [-0.2, -0.15) is 0 Å². The van der Waals surface area contributed by atoms with Crippen LogP contribution in [0.25, 0.3) is 0 Å². The van der Waals surface area contributed by atoms with Crippen LogP contribution in [-0.2, 0) is 16.4 Å². The summed E-state index contributed by atoms with van der Waals surface area (Å²) in [5, 5.41) is 33.4. The number of β-amino-alcohol motifs (C(OH)–C–C–N with tert-alkyl or cyclic N) is 1. The Bertz CT molecular complexity index is 1090. The van der Waals surface area contributed by atoms with E-state index >= 15 is 0 Å². The highest BCUT2D eigenvalue weighted by Gasteiger charge is 2.48. The van der Waals surface area contributed by atoms with Crippen LogP contribution in [0.1, 0.15) is 30.1 Å². The molecule has 1 fully saturated rings. The van der Waals surface area contributed by atoms with Gasteiger partial charge in [-0.05, 0) is 48.7 Å². The van der Waals surface area contributed by atoms with Crippen LogP contribution in [0.3, 0.4) is 0 Å². The standard InChI is InChI=1S/C22H27ClN2O6S/c1-32(29,30)24-17-6-7-19-18(12-17)20(26)22(28,31-19)14-25-10-8-21(27,9-11-25)13-15-2-4-16(23)5-3-15/h2-7,12,20,24,26-28H,8-11,13-14H2,1H3. The lowest BCUT2D eigenvalue weighted by Gasteiger charge is -2.41. The molecule has 174 valence electrons. The molecule has 0 aromatic heterocycles. The second-order valence-corrected chi connectivity index (χ2v) is 11.0. The van der Waals surface area contributed by atoms with E-state index in [0.29, 0.717) is 48.7 Å². The van der Waals surface area contributed by atoms with Crippen LogP contribution < -0.4 is 9.46 Å². The van der Waals surface area contributed by atoms with E-state index < -0.39 is 27.5 Å². The predicted octanol–water partition coefficient (Wildman–Crippen LogP) is 1.90. The smallest absolute Gasteiger partial charge is 0.251 e. The van der Waals surface area contributed by atoms with Gasteiger partial charge in [-0.3, -0.25) is 9.62 Å². The molecule has 2 aliphatic heterocycles. The van der Waals surface area contributed by atoms with Crippen molar-refractivity contribution in [2.45, 2.75) is 36.8 Å². The van der Waals surface area contributed by atoms with Crippen molar-refractivity contribution in [3.8, 4) is 5.75 Å². The zero-order valence-corrected chi connectivity index (χ0v) is 19.2. The summed E-state index contributed by atoms with van der Waals surface area (Å²) in [7, 11) is -3.47. The molecule has 2 aliphatic rings. The van der Waals surface area contributed by atoms with E-state index in [1.54, 1.807) is 12.1 Å². The Morgan fingerprint density at radius 3 is 2.44 bits per heavy atom. The quantitative estimate of drug-likeness (QED) is 0.496. The lowest BCUT2D eigenvalue weighted by Crippen LogP contribution is -2.53. The maximum Gasteiger partial charge on any atom is 0.251 e. The number of anilines is 1. The second kappa shape index (κ2) is 8.48. The van der Waals surface area contributed by atoms with Crippen LogP contribution in [0.15, 0.2) is 42.5 Å². The molecule has 2 heterocycles. The lowest BCUT2D eigenvalue weighted by molar-refractivity contribution is -0.204. The molecule has 2 unspecified atom stereocenters. The van der Waals surface area contributed by atoms with Crippen LogP contribution >= 0.6 is 11.6 Å². The third-order valence-electron chi connectivity index (χ3n) is 6.00. The molecule has 0 amide bonds. The van der Waals surface area contributed by atoms with Crippen molar-refractivity contribution >= 4 is 27.3 Å².